The van der Waals surface area contributed by atoms with Gasteiger partial charge in [0.15, 0.2) is 25.5 Å². The highest BCUT2D eigenvalue weighted by Crippen LogP contribution is 2.53. The summed E-state index contributed by atoms with van der Waals surface area (Å²) in [4.78, 5) is 0. The largest absolute Gasteiger partial charge is 0.212 e. The van der Waals surface area contributed by atoms with E-state index >= 15 is 0 Å². The van der Waals surface area contributed by atoms with Crippen molar-refractivity contribution in [3.05, 3.63) is 230 Å². The summed E-state index contributed by atoms with van der Waals surface area (Å²) in [6, 6.07) is 77.4. The molecule has 312 valence electrons. The molecule has 0 N–H and O–H groups in total. The third kappa shape index (κ3) is 6.54. The molecule has 2 unspecified atom stereocenters. The first-order valence-electron chi connectivity index (χ1n) is 23.5. The van der Waals surface area contributed by atoms with Crippen LogP contribution in [0.15, 0.2) is 219 Å². The molecule has 65 heavy (non-hydrogen) atoms. The molecule has 4 heterocycles. The van der Waals surface area contributed by atoms with Gasteiger partial charge < -0.3 is 0 Å². The molecule has 2 aliphatic rings. The average Bonchev–Trinajstić information content (AvgIpc) is 3.50. The van der Waals surface area contributed by atoms with Gasteiger partial charge >= 0.3 is 0 Å². The highest BCUT2D eigenvalue weighted by atomic mass is 15.0. The summed E-state index contributed by atoms with van der Waals surface area (Å²) in [5.41, 5.74) is 18.1. The number of aromatic nitrogens is 2. The van der Waals surface area contributed by atoms with Gasteiger partial charge in [0, 0.05) is 41.2 Å². The molecule has 0 aliphatic carbocycles. The van der Waals surface area contributed by atoms with Crippen molar-refractivity contribution in [3.63, 3.8) is 0 Å². The van der Waals surface area contributed by atoms with E-state index in [1.807, 2.05) is 0 Å². The molecule has 0 spiro atoms. The second-order valence-corrected chi connectivity index (χ2v) is 18.3. The van der Waals surface area contributed by atoms with Gasteiger partial charge in [0.25, 0.3) is 0 Å². The maximum absolute atomic E-state index is 2.57. The Kier molecular flexibility index (Phi) is 9.64. The maximum atomic E-state index is 2.57. The van der Waals surface area contributed by atoms with Crippen LogP contribution in [0.5, 0.6) is 0 Å². The molecular formula is C63H52N2+2. The second kappa shape index (κ2) is 16.0. The molecule has 2 aliphatic heterocycles. The van der Waals surface area contributed by atoms with Crippen LogP contribution in [-0.2, 0) is 18.5 Å². The number of hydrogen-bond acceptors (Lipinski definition) is 0. The average molecular weight is 837 g/mol. The van der Waals surface area contributed by atoms with E-state index in [4.69, 9.17) is 0 Å². The lowest BCUT2D eigenvalue weighted by atomic mass is 9.59. The zero-order valence-electron chi connectivity index (χ0n) is 37.2. The molecule has 0 saturated carbocycles. The standard InChI is InChI=1S/C63H52N2/c1-3-63(4-2)59-33-32-47(40-57(59)62-31-12-14-35-65(62)42-60(63)58-41-64-34-13-11-30-61(64)56-27-10-9-26-55(56)58)45-22-15-23-46(36-45)48-37-49(53-28-16-20-43-18-5-7-24-51(43)53)39-50(38-48)54-29-17-21-44-19-6-8-25-52(44)54/h5-40,58,60H,3-4,41-42H2,1-2H3/q+2. The molecule has 2 atom stereocenters. The van der Waals surface area contributed by atoms with Gasteiger partial charge in [-0.1, -0.05) is 147 Å². The van der Waals surface area contributed by atoms with Crippen LogP contribution in [0.25, 0.3) is 88.6 Å². The molecule has 2 nitrogen and oxygen atoms in total. The fourth-order valence-electron chi connectivity index (χ4n) is 12.0. The molecule has 2 aromatic heterocycles. The van der Waals surface area contributed by atoms with Gasteiger partial charge in [0.1, 0.15) is 0 Å². The Morgan fingerprint density at radius 2 is 0.892 bits per heavy atom. The van der Waals surface area contributed by atoms with Crippen molar-refractivity contribution >= 4 is 21.5 Å². The van der Waals surface area contributed by atoms with E-state index in [2.05, 4.69) is 242 Å². The Balaban J connectivity index is 1.00. The summed E-state index contributed by atoms with van der Waals surface area (Å²) in [6.45, 7) is 6.82. The van der Waals surface area contributed by atoms with Crippen molar-refractivity contribution in [2.75, 3.05) is 0 Å². The quantitative estimate of drug-likeness (QED) is 0.141. The first kappa shape index (κ1) is 39.2. The normalized spacial score (nSPS) is 16.0. The smallest absolute Gasteiger partial charge is 0.198 e. The summed E-state index contributed by atoms with van der Waals surface area (Å²) in [6.07, 6.45) is 6.75. The Labute approximate surface area is 382 Å². The molecule has 0 radical (unpaired) electrons. The van der Waals surface area contributed by atoms with Crippen molar-refractivity contribution in [2.24, 2.45) is 5.92 Å². The van der Waals surface area contributed by atoms with Crippen molar-refractivity contribution in [1.29, 1.82) is 0 Å². The molecule has 2 heteroatoms. The number of benzene rings is 8. The summed E-state index contributed by atoms with van der Waals surface area (Å²) in [5.74, 6) is 0.739. The van der Waals surface area contributed by atoms with Gasteiger partial charge in [-0.05, 0) is 139 Å². The van der Waals surface area contributed by atoms with Crippen molar-refractivity contribution in [1.82, 2.24) is 0 Å². The van der Waals surface area contributed by atoms with Crippen LogP contribution >= 0.6 is 0 Å². The van der Waals surface area contributed by atoms with E-state index in [1.165, 1.54) is 99.7 Å². The topological polar surface area (TPSA) is 7.76 Å². The SMILES string of the molecule is CCC1(CC)c2ccc(-c3cccc(-c4cc(-c5cccc6ccccc56)cc(-c5cccc6ccccc56)c4)c3)cc2-c2cccc[n+]2CC1C1C[n+]2ccccc2-c2ccccc21. The third-order valence-corrected chi connectivity index (χ3v) is 15.3. The Bertz CT molecular complexity index is 3340. The Morgan fingerprint density at radius 3 is 1.57 bits per heavy atom. The highest BCUT2D eigenvalue weighted by Gasteiger charge is 2.51. The monoisotopic (exact) mass is 836 g/mol. The van der Waals surface area contributed by atoms with Crippen LogP contribution in [-0.4, -0.2) is 0 Å². The number of rotatable bonds is 7. The molecular weight excluding hydrogens is 785 g/mol. The maximum Gasteiger partial charge on any atom is 0.212 e. The van der Waals surface area contributed by atoms with Gasteiger partial charge in [-0.15, -0.1) is 0 Å². The van der Waals surface area contributed by atoms with Crippen LogP contribution in [0.4, 0.5) is 0 Å². The van der Waals surface area contributed by atoms with E-state index in [0.717, 1.165) is 25.9 Å². The summed E-state index contributed by atoms with van der Waals surface area (Å²) >= 11 is 0. The van der Waals surface area contributed by atoms with Crippen LogP contribution in [0, 0.1) is 5.92 Å². The van der Waals surface area contributed by atoms with Crippen molar-refractivity contribution < 1.29 is 9.13 Å². The first-order chi connectivity index (χ1) is 32.1. The lowest BCUT2D eigenvalue weighted by molar-refractivity contribution is -0.707. The van der Waals surface area contributed by atoms with E-state index in [1.54, 1.807) is 0 Å². The summed E-state index contributed by atoms with van der Waals surface area (Å²) < 4.78 is 5.07. The van der Waals surface area contributed by atoms with E-state index < -0.39 is 0 Å². The second-order valence-electron chi connectivity index (χ2n) is 18.3. The van der Waals surface area contributed by atoms with Crippen LogP contribution in [0.2, 0.25) is 0 Å². The zero-order valence-corrected chi connectivity index (χ0v) is 37.2. The lowest BCUT2D eigenvalue weighted by Crippen LogP contribution is -2.52. The number of hydrogen-bond donors (Lipinski definition) is 0. The number of nitrogens with zero attached hydrogens (tertiary/aromatic N) is 2. The molecule has 10 aromatic rings. The Hall–Kier alpha value is -7.42. The number of fused-ring (bicyclic) bond motifs is 8. The lowest BCUT2D eigenvalue weighted by Gasteiger charge is -2.42. The minimum Gasteiger partial charge on any atom is -0.198 e. The van der Waals surface area contributed by atoms with Gasteiger partial charge in [-0.2, -0.15) is 9.13 Å². The molecule has 8 aromatic carbocycles. The van der Waals surface area contributed by atoms with E-state index in [-0.39, 0.29) is 5.41 Å². The predicted octanol–water partition coefficient (Wildman–Crippen LogP) is 15.1. The highest BCUT2D eigenvalue weighted by molar-refractivity contribution is 6.01. The summed E-state index contributed by atoms with van der Waals surface area (Å²) in [7, 11) is 0. The van der Waals surface area contributed by atoms with Gasteiger partial charge in [-0.3, -0.25) is 0 Å². The van der Waals surface area contributed by atoms with Crippen molar-refractivity contribution in [3.8, 4) is 67.0 Å². The first-order valence-corrected chi connectivity index (χ1v) is 23.5. The minimum absolute atomic E-state index is 0.0353. The zero-order chi connectivity index (χ0) is 43.5. The third-order valence-electron chi connectivity index (χ3n) is 15.3. The minimum atomic E-state index is -0.0353. The predicted molar refractivity (Wildman–Crippen MR) is 269 cm³/mol. The molecule has 12 rings (SSSR count). The van der Waals surface area contributed by atoms with Crippen LogP contribution < -0.4 is 9.13 Å². The van der Waals surface area contributed by atoms with Gasteiger partial charge in [0.2, 0.25) is 11.4 Å². The van der Waals surface area contributed by atoms with E-state index in [0.29, 0.717) is 11.8 Å². The molecule has 0 fully saturated rings. The van der Waals surface area contributed by atoms with E-state index in [9.17, 15) is 0 Å². The van der Waals surface area contributed by atoms with Crippen molar-refractivity contribution in [2.45, 2.75) is 51.1 Å². The fraction of sp³-hybridized carbons (Fsp3) is 0.143. The van der Waals surface area contributed by atoms with Gasteiger partial charge in [-0.25, -0.2) is 0 Å². The van der Waals surface area contributed by atoms with Gasteiger partial charge in [0.05, 0.1) is 11.5 Å². The number of pyridine rings is 2. The molecule has 0 saturated heterocycles. The van der Waals surface area contributed by atoms with Crippen LogP contribution in [0.1, 0.15) is 43.7 Å². The summed E-state index contributed by atoms with van der Waals surface area (Å²) in [5, 5.41) is 5.03. The Morgan fingerprint density at radius 1 is 0.400 bits per heavy atom. The molecule has 0 bridgehead atoms. The fourth-order valence-corrected chi connectivity index (χ4v) is 12.0. The molecule has 0 amide bonds. The van der Waals surface area contributed by atoms with Crippen LogP contribution in [0.3, 0.4) is 0 Å².